The molecule has 120 valence electrons. The number of imidazole rings is 1. The Labute approximate surface area is 135 Å². The Morgan fingerprint density at radius 1 is 1.17 bits per heavy atom. The molecule has 1 atom stereocenters. The first-order valence-electron chi connectivity index (χ1n) is 7.67. The van der Waals surface area contributed by atoms with Gasteiger partial charge < -0.3 is 15.2 Å². The molecule has 0 fully saturated rings. The molecule has 3 aromatic rings. The summed E-state index contributed by atoms with van der Waals surface area (Å²) >= 11 is 0. The molecule has 0 radical (unpaired) electrons. The van der Waals surface area contributed by atoms with Gasteiger partial charge in [-0.05, 0) is 29.8 Å². The van der Waals surface area contributed by atoms with E-state index in [0.29, 0.717) is 19.7 Å². The zero-order valence-corrected chi connectivity index (χ0v) is 13.1. The summed E-state index contributed by atoms with van der Waals surface area (Å²) in [5, 5.41) is 12.8. The Kier molecular flexibility index (Phi) is 5.02. The van der Waals surface area contributed by atoms with Crippen molar-refractivity contribution in [3.8, 4) is 5.69 Å². The number of nitrogens with one attached hydrogen (secondary N) is 1. The lowest BCUT2D eigenvalue weighted by Gasteiger charge is -2.11. The SMILES string of the molecule is COCC(O)CNCc1ccc(-n2cnc3ccccc32)cc1. The van der Waals surface area contributed by atoms with Gasteiger partial charge in [0.25, 0.3) is 0 Å². The summed E-state index contributed by atoms with van der Waals surface area (Å²) in [6, 6.07) is 16.4. The van der Waals surface area contributed by atoms with Gasteiger partial charge in [0.15, 0.2) is 0 Å². The average Bonchev–Trinajstić information content (AvgIpc) is 3.00. The van der Waals surface area contributed by atoms with Gasteiger partial charge in [-0.25, -0.2) is 4.98 Å². The number of aliphatic hydroxyl groups excluding tert-OH is 1. The van der Waals surface area contributed by atoms with E-state index in [1.807, 2.05) is 24.5 Å². The molecular formula is C18H21N3O2. The number of aliphatic hydroxyl groups is 1. The highest BCUT2D eigenvalue weighted by Gasteiger charge is 2.05. The van der Waals surface area contributed by atoms with Gasteiger partial charge in [0.05, 0.1) is 23.7 Å². The number of fused-ring (bicyclic) bond motifs is 1. The summed E-state index contributed by atoms with van der Waals surface area (Å²) < 4.78 is 6.98. The summed E-state index contributed by atoms with van der Waals surface area (Å²) in [4.78, 5) is 4.41. The molecule has 1 heterocycles. The minimum atomic E-state index is -0.475. The summed E-state index contributed by atoms with van der Waals surface area (Å²) in [5.74, 6) is 0. The molecule has 1 unspecified atom stereocenters. The number of hydrogen-bond acceptors (Lipinski definition) is 4. The Hall–Kier alpha value is -2.21. The minimum Gasteiger partial charge on any atom is -0.389 e. The lowest BCUT2D eigenvalue weighted by atomic mass is 10.2. The molecular weight excluding hydrogens is 290 g/mol. The average molecular weight is 311 g/mol. The number of nitrogens with zero attached hydrogens (tertiary/aromatic N) is 2. The minimum absolute atomic E-state index is 0.347. The molecule has 0 saturated heterocycles. The van der Waals surface area contributed by atoms with E-state index in [2.05, 4.69) is 45.2 Å². The molecule has 0 aliphatic rings. The second-order valence-electron chi connectivity index (χ2n) is 5.51. The van der Waals surface area contributed by atoms with E-state index >= 15 is 0 Å². The van der Waals surface area contributed by atoms with E-state index in [0.717, 1.165) is 16.7 Å². The zero-order valence-electron chi connectivity index (χ0n) is 13.1. The molecule has 5 heteroatoms. The maximum absolute atomic E-state index is 9.60. The topological polar surface area (TPSA) is 59.3 Å². The molecule has 0 amide bonds. The quantitative estimate of drug-likeness (QED) is 0.702. The number of benzene rings is 2. The van der Waals surface area contributed by atoms with Crippen molar-refractivity contribution in [2.45, 2.75) is 12.6 Å². The van der Waals surface area contributed by atoms with Gasteiger partial charge in [-0.3, -0.25) is 4.57 Å². The Balaban J connectivity index is 1.65. The fourth-order valence-corrected chi connectivity index (χ4v) is 2.57. The largest absolute Gasteiger partial charge is 0.389 e. The fourth-order valence-electron chi connectivity index (χ4n) is 2.57. The van der Waals surface area contributed by atoms with E-state index in [1.54, 1.807) is 7.11 Å². The molecule has 0 bridgehead atoms. The third-order valence-corrected chi connectivity index (χ3v) is 3.74. The summed E-state index contributed by atoms with van der Waals surface area (Å²) in [6.07, 6.45) is 1.37. The smallest absolute Gasteiger partial charge is 0.100 e. The molecule has 0 spiro atoms. The molecule has 1 aromatic heterocycles. The molecule has 2 N–H and O–H groups in total. The van der Waals surface area contributed by atoms with Crippen LogP contribution >= 0.6 is 0 Å². The molecule has 5 nitrogen and oxygen atoms in total. The van der Waals surface area contributed by atoms with Crippen LogP contribution in [0.1, 0.15) is 5.56 Å². The van der Waals surface area contributed by atoms with Crippen LogP contribution in [0.5, 0.6) is 0 Å². The number of ether oxygens (including phenoxy) is 1. The first kappa shape index (κ1) is 15.7. The lowest BCUT2D eigenvalue weighted by molar-refractivity contribution is 0.0644. The van der Waals surface area contributed by atoms with Crippen molar-refractivity contribution >= 4 is 11.0 Å². The van der Waals surface area contributed by atoms with Gasteiger partial charge in [-0.1, -0.05) is 24.3 Å². The lowest BCUT2D eigenvalue weighted by Crippen LogP contribution is -2.29. The second-order valence-corrected chi connectivity index (χ2v) is 5.51. The highest BCUT2D eigenvalue weighted by atomic mass is 16.5. The van der Waals surface area contributed by atoms with Gasteiger partial charge in [-0.15, -0.1) is 0 Å². The summed E-state index contributed by atoms with van der Waals surface area (Å²) in [6.45, 7) is 1.58. The summed E-state index contributed by atoms with van der Waals surface area (Å²) in [5.41, 5.74) is 4.34. The standard InChI is InChI=1S/C18H21N3O2/c1-23-12-16(22)11-19-10-14-6-8-15(9-7-14)21-13-20-17-4-2-3-5-18(17)21/h2-9,13,16,19,22H,10-12H2,1H3. The second kappa shape index (κ2) is 7.37. The van der Waals surface area contributed by atoms with Crippen molar-refractivity contribution in [1.29, 1.82) is 0 Å². The molecule has 2 aromatic carbocycles. The third kappa shape index (κ3) is 3.76. The Morgan fingerprint density at radius 2 is 1.96 bits per heavy atom. The number of rotatable bonds is 7. The van der Waals surface area contributed by atoms with Crippen LogP contribution in [0.25, 0.3) is 16.7 Å². The van der Waals surface area contributed by atoms with Gasteiger partial charge in [0.2, 0.25) is 0 Å². The van der Waals surface area contributed by atoms with Crippen LogP contribution in [0.15, 0.2) is 54.9 Å². The third-order valence-electron chi connectivity index (χ3n) is 3.74. The Morgan fingerprint density at radius 3 is 2.74 bits per heavy atom. The van der Waals surface area contributed by atoms with Crippen molar-refractivity contribution in [2.75, 3.05) is 20.3 Å². The molecule has 0 aliphatic carbocycles. The van der Waals surface area contributed by atoms with Crippen molar-refractivity contribution in [1.82, 2.24) is 14.9 Å². The normalized spacial score (nSPS) is 12.6. The van der Waals surface area contributed by atoms with E-state index < -0.39 is 6.10 Å². The zero-order chi connectivity index (χ0) is 16.1. The first-order valence-corrected chi connectivity index (χ1v) is 7.67. The van der Waals surface area contributed by atoms with Crippen LogP contribution in [0, 0.1) is 0 Å². The highest BCUT2D eigenvalue weighted by molar-refractivity contribution is 5.77. The number of methoxy groups -OCH3 is 1. The molecule has 3 rings (SSSR count). The van der Waals surface area contributed by atoms with Crippen molar-refractivity contribution < 1.29 is 9.84 Å². The van der Waals surface area contributed by atoms with Crippen molar-refractivity contribution in [3.63, 3.8) is 0 Å². The first-order chi connectivity index (χ1) is 11.3. The number of aromatic nitrogens is 2. The van der Waals surface area contributed by atoms with Crippen LogP contribution < -0.4 is 5.32 Å². The van der Waals surface area contributed by atoms with Crippen molar-refractivity contribution in [3.05, 3.63) is 60.4 Å². The van der Waals surface area contributed by atoms with Gasteiger partial charge >= 0.3 is 0 Å². The molecule has 0 aliphatic heterocycles. The Bertz CT molecular complexity index is 752. The van der Waals surface area contributed by atoms with Crippen LogP contribution in [0.3, 0.4) is 0 Å². The van der Waals surface area contributed by atoms with E-state index in [1.165, 1.54) is 5.56 Å². The fraction of sp³-hybridized carbons (Fsp3) is 0.278. The predicted molar refractivity (Wildman–Crippen MR) is 90.7 cm³/mol. The number of para-hydroxylation sites is 2. The van der Waals surface area contributed by atoms with Crippen LogP contribution in [0.2, 0.25) is 0 Å². The van der Waals surface area contributed by atoms with E-state index in [9.17, 15) is 5.11 Å². The monoisotopic (exact) mass is 311 g/mol. The van der Waals surface area contributed by atoms with E-state index in [4.69, 9.17) is 4.74 Å². The van der Waals surface area contributed by atoms with Crippen LogP contribution in [-0.4, -0.2) is 41.0 Å². The number of hydrogen-bond donors (Lipinski definition) is 2. The van der Waals surface area contributed by atoms with Gasteiger partial charge in [0.1, 0.15) is 6.33 Å². The molecule has 23 heavy (non-hydrogen) atoms. The van der Waals surface area contributed by atoms with E-state index in [-0.39, 0.29) is 0 Å². The van der Waals surface area contributed by atoms with Gasteiger partial charge in [0, 0.05) is 25.9 Å². The van der Waals surface area contributed by atoms with Crippen molar-refractivity contribution in [2.24, 2.45) is 0 Å². The maximum atomic E-state index is 9.60. The van der Waals surface area contributed by atoms with Gasteiger partial charge in [-0.2, -0.15) is 0 Å². The predicted octanol–water partition coefficient (Wildman–Crippen LogP) is 2.12. The summed E-state index contributed by atoms with van der Waals surface area (Å²) in [7, 11) is 1.59. The maximum Gasteiger partial charge on any atom is 0.100 e. The highest BCUT2D eigenvalue weighted by Crippen LogP contribution is 2.18. The van der Waals surface area contributed by atoms with Crippen LogP contribution in [0.4, 0.5) is 0 Å². The molecule has 0 saturated carbocycles. The van der Waals surface area contributed by atoms with Crippen LogP contribution in [-0.2, 0) is 11.3 Å².